The van der Waals surface area contributed by atoms with E-state index in [1.165, 1.54) is 0 Å². The first-order chi connectivity index (χ1) is 6.31. The van der Waals surface area contributed by atoms with Gasteiger partial charge in [0.15, 0.2) is 0 Å². The van der Waals surface area contributed by atoms with Gasteiger partial charge >= 0.3 is 0 Å². The highest BCUT2D eigenvalue weighted by Crippen LogP contribution is 2.00. The van der Waals surface area contributed by atoms with Crippen LogP contribution < -0.4 is 10.6 Å². The van der Waals surface area contributed by atoms with Gasteiger partial charge in [0, 0.05) is 18.0 Å². The van der Waals surface area contributed by atoms with E-state index in [1.807, 2.05) is 20.8 Å². The molecule has 2 N–H and O–H groups in total. The SMILES string of the molecule is CC(C)NCCCC(=O)NC(C)(C)C. The highest BCUT2D eigenvalue weighted by Gasteiger charge is 2.12. The smallest absolute Gasteiger partial charge is 0.220 e. The Kier molecular flexibility index (Phi) is 5.77. The van der Waals surface area contributed by atoms with Gasteiger partial charge in [-0.3, -0.25) is 4.79 Å². The van der Waals surface area contributed by atoms with Crippen molar-refractivity contribution in [2.75, 3.05) is 6.54 Å². The zero-order valence-electron chi connectivity index (χ0n) is 10.1. The van der Waals surface area contributed by atoms with Gasteiger partial charge in [-0.25, -0.2) is 0 Å². The molecule has 0 bridgehead atoms. The van der Waals surface area contributed by atoms with Gasteiger partial charge in [-0.1, -0.05) is 13.8 Å². The first-order valence-corrected chi connectivity index (χ1v) is 5.35. The minimum absolute atomic E-state index is 0.109. The molecule has 3 nitrogen and oxygen atoms in total. The second kappa shape index (κ2) is 6.02. The van der Waals surface area contributed by atoms with Crippen molar-refractivity contribution >= 4 is 5.91 Å². The quantitative estimate of drug-likeness (QED) is 0.663. The summed E-state index contributed by atoms with van der Waals surface area (Å²) in [7, 11) is 0. The molecule has 84 valence electrons. The van der Waals surface area contributed by atoms with Crippen molar-refractivity contribution in [3.05, 3.63) is 0 Å². The summed E-state index contributed by atoms with van der Waals surface area (Å²) in [5.74, 6) is 0.142. The van der Waals surface area contributed by atoms with Crippen molar-refractivity contribution in [3.8, 4) is 0 Å². The Hall–Kier alpha value is -0.570. The number of nitrogens with one attached hydrogen (secondary N) is 2. The maximum Gasteiger partial charge on any atom is 0.220 e. The lowest BCUT2D eigenvalue weighted by atomic mass is 10.1. The number of hydrogen-bond acceptors (Lipinski definition) is 2. The predicted octanol–water partition coefficient (Wildman–Crippen LogP) is 1.68. The lowest BCUT2D eigenvalue weighted by Gasteiger charge is -2.20. The molecule has 0 radical (unpaired) electrons. The molecule has 0 atom stereocenters. The summed E-state index contributed by atoms with van der Waals surface area (Å²) in [5.41, 5.74) is -0.109. The third-order valence-corrected chi connectivity index (χ3v) is 1.65. The predicted molar refractivity (Wildman–Crippen MR) is 60.3 cm³/mol. The normalized spacial score (nSPS) is 11.9. The van der Waals surface area contributed by atoms with E-state index < -0.39 is 0 Å². The highest BCUT2D eigenvalue weighted by molar-refractivity contribution is 5.76. The monoisotopic (exact) mass is 200 g/mol. The molecule has 0 spiro atoms. The summed E-state index contributed by atoms with van der Waals surface area (Å²) >= 11 is 0. The molecule has 0 aliphatic rings. The molecule has 0 aromatic carbocycles. The summed E-state index contributed by atoms with van der Waals surface area (Å²) in [6.45, 7) is 11.1. The Morgan fingerprint density at radius 3 is 2.29 bits per heavy atom. The largest absolute Gasteiger partial charge is 0.352 e. The molecule has 0 aliphatic carbocycles. The molecule has 0 heterocycles. The molecule has 0 aromatic heterocycles. The molecule has 0 rings (SSSR count). The standard InChI is InChI=1S/C11H24N2O/c1-9(2)12-8-6-7-10(14)13-11(3,4)5/h9,12H,6-8H2,1-5H3,(H,13,14). The Labute approximate surface area is 87.6 Å². The fourth-order valence-corrected chi connectivity index (χ4v) is 1.12. The highest BCUT2D eigenvalue weighted by atomic mass is 16.1. The van der Waals surface area contributed by atoms with Crippen LogP contribution >= 0.6 is 0 Å². The number of hydrogen-bond donors (Lipinski definition) is 2. The third kappa shape index (κ3) is 9.52. The molecule has 0 fully saturated rings. The van der Waals surface area contributed by atoms with Gasteiger partial charge in [0.2, 0.25) is 5.91 Å². The van der Waals surface area contributed by atoms with E-state index in [0.717, 1.165) is 13.0 Å². The fourth-order valence-electron chi connectivity index (χ4n) is 1.12. The molecule has 1 amide bonds. The Morgan fingerprint density at radius 2 is 1.86 bits per heavy atom. The maximum atomic E-state index is 11.4. The van der Waals surface area contributed by atoms with Gasteiger partial charge in [-0.15, -0.1) is 0 Å². The average Bonchev–Trinajstić information content (AvgIpc) is 1.94. The van der Waals surface area contributed by atoms with Crippen LogP contribution in [0.25, 0.3) is 0 Å². The van der Waals surface area contributed by atoms with E-state index in [2.05, 4.69) is 24.5 Å². The molecule has 0 saturated heterocycles. The van der Waals surface area contributed by atoms with E-state index in [9.17, 15) is 4.79 Å². The second-order valence-electron chi connectivity index (χ2n) is 5.01. The van der Waals surface area contributed by atoms with E-state index >= 15 is 0 Å². The Bertz CT molecular complexity index is 171. The van der Waals surface area contributed by atoms with Gasteiger partial charge in [-0.05, 0) is 33.7 Å². The van der Waals surface area contributed by atoms with Crippen LogP contribution in [0.3, 0.4) is 0 Å². The van der Waals surface area contributed by atoms with Crippen LogP contribution in [-0.4, -0.2) is 24.0 Å². The summed E-state index contributed by atoms with van der Waals surface area (Å²) in [6, 6.07) is 0.501. The van der Waals surface area contributed by atoms with E-state index in [4.69, 9.17) is 0 Å². The third-order valence-electron chi connectivity index (χ3n) is 1.65. The van der Waals surface area contributed by atoms with Crippen LogP contribution in [0, 0.1) is 0 Å². The molecule has 0 saturated carbocycles. The maximum absolute atomic E-state index is 11.4. The molecule has 0 unspecified atom stereocenters. The minimum atomic E-state index is -0.109. The van der Waals surface area contributed by atoms with Gasteiger partial charge < -0.3 is 10.6 Å². The first-order valence-electron chi connectivity index (χ1n) is 5.35. The van der Waals surface area contributed by atoms with Crippen LogP contribution in [0.4, 0.5) is 0 Å². The van der Waals surface area contributed by atoms with Crippen LogP contribution in [0.15, 0.2) is 0 Å². The molecular formula is C11H24N2O. The molecule has 3 heteroatoms. The van der Waals surface area contributed by atoms with Gasteiger partial charge in [-0.2, -0.15) is 0 Å². The summed E-state index contributed by atoms with van der Waals surface area (Å²) in [5, 5.41) is 6.22. The number of rotatable bonds is 5. The van der Waals surface area contributed by atoms with Crippen molar-refractivity contribution in [1.82, 2.24) is 10.6 Å². The van der Waals surface area contributed by atoms with Crippen molar-refractivity contribution in [2.24, 2.45) is 0 Å². The van der Waals surface area contributed by atoms with E-state index in [0.29, 0.717) is 12.5 Å². The van der Waals surface area contributed by atoms with Gasteiger partial charge in [0.25, 0.3) is 0 Å². The van der Waals surface area contributed by atoms with Crippen molar-refractivity contribution in [3.63, 3.8) is 0 Å². The van der Waals surface area contributed by atoms with Crippen LogP contribution in [0.1, 0.15) is 47.5 Å². The van der Waals surface area contributed by atoms with Crippen molar-refractivity contribution in [2.45, 2.75) is 59.0 Å². The Morgan fingerprint density at radius 1 is 1.29 bits per heavy atom. The molecule has 14 heavy (non-hydrogen) atoms. The van der Waals surface area contributed by atoms with Gasteiger partial charge in [0.1, 0.15) is 0 Å². The topological polar surface area (TPSA) is 41.1 Å². The molecule has 0 aliphatic heterocycles. The summed E-state index contributed by atoms with van der Waals surface area (Å²) in [6.07, 6.45) is 1.51. The first kappa shape index (κ1) is 13.4. The summed E-state index contributed by atoms with van der Waals surface area (Å²) in [4.78, 5) is 11.4. The van der Waals surface area contributed by atoms with Crippen molar-refractivity contribution < 1.29 is 4.79 Å². The second-order valence-corrected chi connectivity index (χ2v) is 5.01. The lowest BCUT2D eigenvalue weighted by molar-refractivity contribution is -0.122. The van der Waals surface area contributed by atoms with Gasteiger partial charge in [0.05, 0.1) is 0 Å². The molecular weight excluding hydrogens is 176 g/mol. The fraction of sp³-hybridized carbons (Fsp3) is 0.909. The number of amides is 1. The van der Waals surface area contributed by atoms with Crippen LogP contribution in [0.2, 0.25) is 0 Å². The summed E-state index contributed by atoms with van der Waals surface area (Å²) < 4.78 is 0. The Balaban J connectivity index is 3.46. The number of carbonyl (C=O) groups excluding carboxylic acids is 1. The zero-order valence-corrected chi connectivity index (χ0v) is 10.1. The van der Waals surface area contributed by atoms with Crippen LogP contribution in [-0.2, 0) is 4.79 Å². The van der Waals surface area contributed by atoms with Crippen LogP contribution in [0.5, 0.6) is 0 Å². The number of carbonyl (C=O) groups is 1. The minimum Gasteiger partial charge on any atom is -0.352 e. The van der Waals surface area contributed by atoms with E-state index in [-0.39, 0.29) is 11.4 Å². The molecule has 0 aromatic rings. The lowest BCUT2D eigenvalue weighted by Crippen LogP contribution is -2.40. The van der Waals surface area contributed by atoms with Crippen molar-refractivity contribution in [1.29, 1.82) is 0 Å². The average molecular weight is 200 g/mol. The zero-order chi connectivity index (χ0) is 11.2. The van der Waals surface area contributed by atoms with E-state index in [1.54, 1.807) is 0 Å².